The van der Waals surface area contributed by atoms with Crippen LogP contribution in [-0.4, -0.2) is 90.8 Å². The third-order valence-electron chi connectivity index (χ3n) is 11.1. The number of hydrogen-bond acceptors (Lipinski definition) is 11. The lowest BCUT2D eigenvalue weighted by Crippen LogP contribution is -2.56. The molecule has 1 saturated carbocycles. The Bertz CT molecular complexity index is 2420. The monoisotopic (exact) mass is 883 g/mol. The summed E-state index contributed by atoms with van der Waals surface area (Å²) in [7, 11) is -2.86. The fourth-order valence-electron chi connectivity index (χ4n) is 7.77. The molecule has 4 atom stereocenters. The number of carbonyl (C=O) groups excluding carboxylic acids is 3. The van der Waals surface area contributed by atoms with E-state index in [4.69, 9.17) is 24.3 Å². The Hall–Kier alpha value is -6.16. The van der Waals surface area contributed by atoms with Crippen LogP contribution in [0.5, 0.6) is 11.5 Å². The Labute approximate surface area is 368 Å². The molecule has 15 nitrogen and oxygen atoms in total. The van der Waals surface area contributed by atoms with Gasteiger partial charge in [-0.2, -0.15) is 0 Å². The van der Waals surface area contributed by atoms with Gasteiger partial charge in [0.2, 0.25) is 5.91 Å². The number of nitrogens with one attached hydrogen (secondary N) is 3. The number of unbranched alkanes of at least 4 members (excludes halogenated alkanes) is 5. The van der Waals surface area contributed by atoms with Crippen molar-refractivity contribution in [1.82, 2.24) is 19.9 Å². The normalized spacial score (nSPS) is 19.5. The minimum Gasteiger partial charge on any atom is -0.497 e. The number of anilines is 1. The second-order valence-electron chi connectivity index (χ2n) is 17.0. The summed E-state index contributed by atoms with van der Waals surface area (Å²) < 4.78 is 47.7. The minimum absolute atomic E-state index is 0.0251. The Kier molecular flexibility index (Phi) is 14.6. The molecule has 1 aliphatic carbocycles. The van der Waals surface area contributed by atoms with Crippen LogP contribution in [0.4, 0.5) is 10.5 Å². The van der Waals surface area contributed by atoms with Gasteiger partial charge in [0.05, 0.1) is 30.6 Å². The maximum absolute atomic E-state index is 14.4. The van der Waals surface area contributed by atoms with E-state index in [1.54, 1.807) is 58.2 Å². The molecule has 4 N–H and O–H groups in total. The van der Waals surface area contributed by atoms with Crippen molar-refractivity contribution in [2.24, 2.45) is 5.92 Å². The number of likely N-dealkylation sites (tertiary alicyclic amines) is 1. The summed E-state index contributed by atoms with van der Waals surface area (Å²) in [4.78, 5) is 58.9. The number of ether oxygens (including phenoxy) is 3. The number of sulfonamides is 1. The number of carbonyl (C=O) groups is 4. The number of pyridine rings is 1. The number of benzene rings is 3. The summed E-state index contributed by atoms with van der Waals surface area (Å²) in [6.07, 6.45) is 5.28. The third-order valence-corrected chi connectivity index (χ3v) is 12.5. The molecule has 63 heavy (non-hydrogen) atoms. The summed E-state index contributed by atoms with van der Waals surface area (Å²) in [6, 6.07) is 21.9. The van der Waals surface area contributed by atoms with E-state index in [9.17, 15) is 27.6 Å². The largest absolute Gasteiger partial charge is 0.497 e. The number of nitrogens with zero attached hydrogens (tertiary/aromatic N) is 2. The molecule has 2 aliphatic rings. The summed E-state index contributed by atoms with van der Waals surface area (Å²) in [5.74, 6) is -1.91. The maximum Gasteiger partial charge on any atom is 0.411 e. The lowest BCUT2D eigenvalue weighted by atomic mass is 10.1. The molecule has 16 heteroatoms. The van der Waals surface area contributed by atoms with Crippen molar-refractivity contribution >= 4 is 50.5 Å². The number of fused-ring (bicyclic) bond motifs is 1. The highest BCUT2D eigenvalue weighted by molar-refractivity contribution is 7.90. The van der Waals surface area contributed by atoms with Crippen LogP contribution in [0.15, 0.2) is 96.4 Å². The van der Waals surface area contributed by atoms with Gasteiger partial charge in [-0.15, -0.1) is 6.58 Å². The zero-order chi connectivity index (χ0) is 45.4. The van der Waals surface area contributed by atoms with Crippen LogP contribution < -0.4 is 24.8 Å². The smallest absolute Gasteiger partial charge is 0.411 e. The molecule has 4 aromatic rings. The third kappa shape index (κ3) is 11.7. The number of rotatable bonds is 20. The summed E-state index contributed by atoms with van der Waals surface area (Å²) in [6.45, 7) is 9.43. The number of hydrogen-bond donors (Lipinski definition) is 4. The molecule has 2 heterocycles. The van der Waals surface area contributed by atoms with E-state index in [0.717, 1.165) is 37.7 Å². The molecule has 0 spiro atoms. The molecular weight excluding hydrogens is 827 g/mol. The lowest BCUT2D eigenvalue weighted by molar-refractivity contribution is -0.137. The first-order valence-corrected chi connectivity index (χ1v) is 22.8. The van der Waals surface area contributed by atoms with E-state index >= 15 is 0 Å². The molecule has 0 bridgehead atoms. The van der Waals surface area contributed by atoms with E-state index in [1.807, 2.05) is 42.5 Å². The molecule has 6 rings (SSSR count). The highest BCUT2D eigenvalue weighted by Gasteiger charge is 2.61. The average Bonchev–Trinajstić information content (AvgIpc) is 3.80. The predicted octanol–water partition coefficient (Wildman–Crippen LogP) is 7.46. The minimum atomic E-state index is -4.43. The zero-order valence-electron chi connectivity index (χ0n) is 36.2. The van der Waals surface area contributed by atoms with Crippen molar-refractivity contribution < 1.29 is 46.9 Å². The SMILES string of the molecule is C=CC1CC1(NC(=O)[C@@H]1C[C@@H](Oc2cc(-c3ccccc3)nc3cc(OC)ccc23)CN1C(=O)OC(C)(C)C)C(=O)NS(=O)(=O)c1ccccc1NCCCCCCCCC(=O)O. The van der Waals surface area contributed by atoms with Crippen molar-refractivity contribution in [1.29, 1.82) is 0 Å². The Morgan fingerprint density at radius 1 is 0.952 bits per heavy atom. The van der Waals surface area contributed by atoms with E-state index in [-0.39, 0.29) is 30.7 Å². The van der Waals surface area contributed by atoms with Crippen molar-refractivity contribution in [3.05, 3.63) is 91.5 Å². The van der Waals surface area contributed by atoms with Crippen LogP contribution in [0.2, 0.25) is 0 Å². The average molecular weight is 884 g/mol. The summed E-state index contributed by atoms with van der Waals surface area (Å²) >= 11 is 0. The van der Waals surface area contributed by atoms with Crippen LogP contribution in [0, 0.1) is 5.92 Å². The lowest BCUT2D eigenvalue weighted by Gasteiger charge is -2.29. The van der Waals surface area contributed by atoms with Crippen molar-refractivity contribution in [2.75, 3.05) is 25.5 Å². The van der Waals surface area contributed by atoms with Crippen LogP contribution in [0.25, 0.3) is 22.2 Å². The van der Waals surface area contributed by atoms with Gasteiger partial charge in [-0.25, -0.2) is 22.9 Å². The standard InChI is InChI=1S/C47H57N5O10S/c1-6-32-29-47(32,44(56)51-63(58,59)41-21-16-15-20-36(41)48-25-17-10-8-7-9-14-22-42(53)54)50-43(55)39-27-34(30-52(39)45(57)62-46(2,3)4)61-40-28-37(31-18-12-11-13-19-31)49-38-26-33(60-5)23-24-35(38)40/h6,11-13,15-16,18-21,23-24,26,28,32,34,39,48H,1,7-10,14,17,22,25,27,29-30H2,2-5H3,(H,50,55)(H,51,56)(H,53,54)/t32?,34-,39+,47?/m1/s1. The number of amides is 3. The number of aromatic nitrogens is 1. The zero-order valence-corrected chi connectivity index (χ0v) is 37.0. The second kappa shape index (κ2) is 19.9. The molecule has 336 valence electrons. The van der Waals surface area contributed by atoms with Gasteiger partial charge in [0.1, 0.15) is 39.7 Å². The molecule has 1 aliphatic heterocycles. The number of carboxylic acid groups (broad SMARTS) is 1. The van der Waals surface area contributed by atoms with E-state index < -0.39 is 63.1 Å². The van der Waals surface area contributed by atoms with Gasteiger partial charge in [0, 0.05) is 48.4 Å². The molecule has 1 saturated heterocycles. The van der Waals surface area contributed by atoms with Gasteiger partial charge in [-0.1, -0.05) is 74.2 Å². The number of aliphatic carboxylic acids is 1. The van der Waals surface area contributed by atoms with Gasteiger partial charge in [-0.05, 0) is 64.3 Å². The summed E-state index contributed by atoms with van der Waals surface area (Å²) in [5.41, 5.74) is -0.111. The molecule has 2 fully saturated rings. The molecule has 3 aromatic carbocycles. The van der Waals surface area contributed by atoms with Gasteiger partial charge in [0.15, 0.2) is 0 Å². The highest BCUT2D eigenvalue weighted by atomic mass is 32.2. The Morgan fingerprint density at radius 2 is 1.65 bits per heavy atom. The topological polar surface area (TPSA) is 203 Å². The molecule has 0 radical (unpaired) electrons. The fourth-order valence-corrected chi connectivity index (χ4v) is 9.00. The first-order valence-electron chi connectivity index (χ1n) is 21.3. The molecule has 2 unspecified atom stereocenters. The molecule has 1 aromatic heterocycles. The van der Waals surface area contributed by atoms with Crippen molar-refractivity contribution in [3.63, 3.8) is 0 Å². The summed E-state index contributed by atoms with van der Waals surface area (Å²) in [5, 5.41) is 15.5. The first kappa shape index (κ1) is 46.3. The van der Waals surface area contributed by atoms with Crippen LogP contribution in [0.1, 0.15) is 78.6 Å². The molecule has 3 amide bonds. The van der Waals surface area contributed by atoms with E-state index in [1.165, 1.54) is 17.0 Å². The maximum atomic E-state index is 14.4. The number of carboxylic acids is 1. The quantitative estimate of drug-likeness (QED) is 0.0505. The Balaban J connectivity index is 1.17. The van der Waals surface area contributed by atoms with Crippen LogP contribution >= 0.6 is 0 Å². The van der Waals surface area contributed by atoms with E-state index in [0.29, 0.717) is 46.7 Å². The second-order valence-corrected chi connectivity index (χ2v) is 18.7. The predicted molar refractivity (Wildman–Crippen MR) is 239 cm³/mol. The number of methoxy groups -OCH3 is 1. The number of para-hydroxylation sites is 1. The molecular formula is C47H57N5O10S. The van der Waals surface area contributed by atoms with Crippen molar-refractivity contribution in [3.8, 4) is 22.8 Å². The Morgan fingerprint density at radius 3 is 2.33 bits per heavy atom. The van der Waals surface area contributed by atoms with Gasteiger partial charge in [0.25, 0.3) is 15.9 Å². The van der Waals surface area contributed by atoms with E-state index in [2.05, 4.69) is 21.9 Å². The van der Waals surface area contributed by atoms with Crippen LogP contribution in [0.3, 0.4) is 0 Å². The van der Waals surface area contributed by atoms with Gasteiger partial charge in [-0.3, -0.25) is 19.3 Å². The van der Waals surface area contributed by atoms with Crippen molar-refractivity contribution in [2.45, 2.75) is 107 Å². The van der Waals surface area contributed by atoms with Gasteiger partial charge >= 0.3 is 12.1 Å². The fraction of sp³-hybridized carbons (Fsp3) is 0.426. The van der Waals surface area contributed by atoms with Gasteiger partial charge < -0.3 is 30.0 Å². The first-order chi connectivity index (χ1) is 30.0. The van der Waals surface area contributed by atoms with Crippen LogP contribution in [-0.2, 0) is 29.1 Å². The highest BCUT2D eigenvalue weighted by Crippen LogP contribution is 2.45.